The maximum atomic E-state index is 12.0. The number of carbonyl (C=O) groups excluding carboxylic acids is 1. The van der Waals surface area contributed by atoms with Crippen LogP contribution in [0.15, 0.2) is 30.3 Å². The summed E-state index contributed by atoms with van der Waals surface area (Å²) in [6.45, 7) is 4.69. The van der Waals surface area contributed by atoms with Gasteiger partial charge in [-0.15, -0.1) is 0 Å². The van der Waals surface area contributed by atoms with Crippen molar-refractivity contribution >= 4 is 5.78 Å². The second kappa shape index (κ2) is 6.27. The van der Waals surface area contributed by atoms with Crippen molar-refractivity contribution in [2.24, 2.45) is 0 Å². The lowest BCUT2D eigenvalue weighted by Crippen LogP contribution is -2.10. The van der Waals surface area contributed by atoms with Gasteiger partial charge < -0.3 is 0 Å². The van der Waals surface area contributed by atoms with Crippen LogP contribution in [0, 0.1) is 0 Å². The lowest BCUT2D eigenvalue weighted by Gasteiger charge is -2.04. The number of hydrogen-bond donors (Lipinski definition) is 0. The third-order valence-corrected chi connectivity index (χ3v) is 3.07. The Morgan fingerprint density at radius 3 is 2.53 bits per heavy atom. The number of Topliss-reactive ketones (excluding diaryl/α,β-unsaturated/α-hetero) is 1. The van der Waals surface area contributed by atoms with E-state index in [2.05, 4.69) is 17.0 Å². The molecule has 100 valence electrons. The summed E-state index contributed by atoms with van der Waals surface area (Å²) < 4.78 is 1.86. The first-order chi connectivity index (χ1) is 9.24. The van der Waals surface area contributed by atoms with Crippen molar-refractivity contribution in [3.8, 4) is 0 Å². The van der Waals surface area contributed by atoms with E-state index in [0.29, 0.717) is 13.0 Å². The Balaban J connectivity index is 2.02. The van der Waals surface area contributed by atoms with Crippen LogP contribution in [0.25, 0.3) is 0 Å². The molecule has 1 aromatic heterocycles. The molecule has 0 fully saturated rings. The molecule has 0 amide bonds. The number of hydrogen-bond acceptors (Lipinski definition) is 3. The molecular formula is C15H19N3O. The van der Waals surface area contributed by atoms with Gasteiger partial charge in [0.25, 0.3) is 0 Å². The first kappa shape index (κ1) is 13.5. The first-order valence-electron chi connectivity index (χ1n) is 6.75. The van der Waals surface area contributed by atoms with Gasteiger partial charge in [0.05, 0.1) is 6.54 Å². The summed E-state index contributed by atoms with van der Waals surface area (Å²) in [7, 11) is 0. The third kappa shape index (κ3) is 3.28. The van der Waals surface area contributed by atoms with E-state index in [4.69, 9.17) is 0 Å². The van der Waals surface area contributed by atoms with Crippen LogP contribution in [0.1, 0.15) is 42.3 Å². The van der Waals surface area contributed by atoms with E-state index in [9.17, 15) is 4.79 Å². The highest BCUT2D eigenvalue weighted by Gasteiger charge is 2.10. The predicted octanol–water partition coefficient (Wildman–Crippen LogP) is 2.68. The topological polar surface area (TPSA) is 47.8 Å². The number of ketones is 1. The second-order valence-electron chi connectivity index (χ2n) is 4.41. The molecule has 2 rings (SSSR count). The third-order valence-electron chi connectivity index (χ3n) is 3.07. The maximum absolute atomic E-state index is 12.0. The molecule has 0 aliphatic rings. The Kier molecular flexibility index (Phi) is 4.44. The van der Waals surface area contributed by atoms with E-state index >= 15 is 0 Å². The summed E-state index contributed by atoms with van der Waals surface area (Å²) in [5.41, 5.74) is 0.761. The normalized spacial score (nSPS) is 10.6. The average Bonchev–Trinajstić information content (AvgIpc) is 2.88. The molecule has 0 radical (unpaired) electrons. The number of aromatic nitrogens is 3. The van der Waals surface area contributed by atoms with Gasteiger partial charge in [0.15, 0.2) is 11.6 Å². The van der Waals surface area contributed by atoms with Crippen LogP contribution in [0.4, 0.5) is 0 Å². The van der Waals surface area contributed by atoms with Crippen LogP contribution in [0.5, 0.6) is 0 Å². The fourth-order valence-corrected chi connectivity index (χ4v) is 1.99. The average molecular weight is 257 g/mol. The maximum Gasteiger partial charge on any atom is 0.164 e. The van der Waals surface area contributed by atoms with E-state index in [1.54, 1.807) is 0 Å². The fourth-order valence-electron chi connectivity index (χ4n) is 1.99. The van der Waals surface area contributed by atoms with Gasteiger partial charge in [-0.2, -0.15) is 5.10 Å². The zero-order chi connectivity index (χ0) is 13.7. The van der Waals surface area contributed by atoms with Crippen LogP contribution in [0.2, 0.25) is 0 Å². The van der Waals surface area contributed by atoms with E-state index in [1.165, 1.54) is 0 Å². The van der Waals surface area contributed by atoms with Gasteiger partial charge in [-0.05, 0) is 0 Å². The molecule has 4 nitrogen and oxygen atoms in total. The first-order valence-corrected chi connectivity index (χ1v) is 6.75. The molecule has 2 aromatic rings. The molecule has 0 saturated carbocycles. The minimum Gasteiger partial charge on any atom is -0.294 e. The molecule has 0 spiro atoms. The summed E-state index contributed by atoms with van der Waals surface area (Å²) in [6.07, 6.45) is 2.13. The molecule has 0 aliphatic heterocycles. The quantitative estimate of drug-likeness (QED) is 0.747. The molecule has 1 heterocycles. The second-order valence-corrected chi connectivity index (χ2v) is 4.41. The molecule has 0 unspecified atom stereocenters. The van der Waals surface area contributed by atoms with Gasteiger partial charge in [-0.3, -0.25) is 4.79 Å². The molecule has 0 N–H and O–H groups in total. The van der Waals surface area contributed by atoms with Gasteiger partial charge >= 0.3 is 0 Å². The van der Waals surface area contributed by atoms with Crippen molar-refractivity contribution in [3.63, 3.8) is 0 Å². The molecule has 0 saturated heterocycles. The van der Waals surface area contributed by atoms with Crippen LogP contribution in [0.3, 0.4) is 0 Å². The van der Waals surface area contributed by atoms with Gasteiger partial charge in [0, 0.05) is 24.8 Å². The highest BCUT2D eigenvalue weighted by molar-refractivity contribution is 5.95. The highest BCUT2D eigenvalue weighted by atomic mass is 16.1. The molecule has 0 aliphatic carbocycles. The summed E-state index contributed by atoms with van der Waals surface area (Å²) in [5.74, 6) is 1.96. The number of aryl methyl sites for hydroxylation is 3. The summed E-state index contributed by atoms with van der Waals surface area (Å²) in [6, 6.07) is 9.38. The lowest BCUT2D eigenvalue weighted by molar-refractivity contribution is 0.0975. The van der Waals surface area contributed by atoms with Crippen LogP contribution in [-0.4, -0.2) is 20.5 Å². The Labute approximate surface area is 113 Å². The lowest BCUT2D eigenvalue weighted by atomic mass is 10.1. The van der Waals surface area contributed by atoms with Gasteiger partial charge in [-0.25, -0.2) is 9.67 Å². The summed E-state index contributed by atoms with van der Waals surface area (Å²) in [5, 5.41) is 4.42. The van der Waals surface area contributed by atoms with E-state index in [1.807, 2.05) is 41.9 Å². The number of rotatable bonds is 6. The van der Waals surface area contributed by atoms with Crippen molar-refractivity contribution in [2.75, 3.05) is 0 Å². The fraction of sp³-hybridized carbons (Fsp3) is 0.400. The molecule has 19 heavy (non-hydrogen) atoms. The minimum absolute atomic E-state index is 0.149. The molecule has 4 heteroatoms. The number of nitrogens with zero attached hydrogens (tertiary/aromatic N) is 3. The monoisotopic (exact) mass is 257 g/mol. The standard InChI is InChI=1S/C15H19N3O/c1-3-14-16-15(4-2)18(17-14)11-10-13(19)12-8-6-5-7-9-12/h5-9H,3-4,10-11H2,1-2H3. The largest absolute Gasteiger partial charge is 0.294 e. The van der Waals surface area contributed by atoms with E-state index < -0.39 is 0 Å². The number of benzene rings is 1. The summed E-state index contributed by atoms with van der Waals surface area (Å²) in [4.78, 5) is 16.5. The Hall–Kier alpha value is -1.97. The van der Waals surface area contributed by atoms with Crippen LogP contribution in [-0.2, 0) is 19.4 Å². The minimum atomic E-state index is 0.149. The smallest absolute Gasteiger partial charge is 0.164 e. The van der Waals surface area contributed by atoms with E-state index in [0.717, 1.165) is 30.1 Å². The van der Waals surface area contributed by atoms with Crippen molar-refractivity contribution in [3.05, 3.63) is 47.5 Å². The molecule has 0 atom stereocenters. The Morgan fingerprint density at radius 2 is 1.89 bits per heavy atom. The van der Waals surface area contributed by atoms with Gasteiger partial charge in [-0.1, -0.05) is 44.2 Å². The van der Waals surface area contributed by atoms with Crippen molar-refractivity contribution < 1.29 is 4.79 Å². The zero-order valence-corrected chi connectivity index (χ0v) is 11.5. The SMILES string of the molecule is CCc1nc(CC)n(CCC(=O)c2ccccc2)n1. The molecule has 1 aromatic carbocycles. The number of carbonyl (C=O) groups is 1. The predicted molar refractivity (Wildman–Crippen MR) is 74.2 cm³/mol. The van der Waals surface area contributed by atoms with Crippen LogP contribution >= 0.6 is 0 Å². The van der Waals surface area contributed by atoms with E-state index in [-0.39, 0.29) is 5.78 Å². The van der Waals surface area contributed by atoms with Gasteiger partial charge in [0.2, 0.25) is 0 Å². The molecular weight excluding hydrogens is 238 g/mol. The highest BCUT2D eigenvalue weighted by Crippen LogP contribution is 2.06. The summed E-state index contributed by atoms with van der Waals surface area (Å²) >= 11 is 0. The van der Waals surface area contributed by atoms with Crippen molar-refractivity contribution in [1.82, 2.24) is 14.8 Å². The Morgan fingerprint density at radius 1 is 1.16 bits per heavy atom. The van der Waals surface area contributed by atoms with Gasteiger partial charge in [0.1, 0.15) is 5.82 Å². The van der Waals surface area contributed by atoms with Crippen LogP contribution < -0.4 is 0 Å². The molecule has 0 bridgehead atoms. The zero-order valence-electron chi connectivity index (χ0n) is 11.5. The van der Waals surface area contributed by atoms with Crippen molar-refractivity contribution in [1.29, 1.82) is 0 Å². The Bertz CT molecular complexity index is 546. The van der Waals surface area contributed by atoms with Crippen molar-refractivity contribution in [2.45, 2.75) is 39.7 Å².